The second-order valence-electron chi connectivity index (χ2n) is 7.18. The van der Waals surface area contributed by atoms with E-state index in [2.05, 4.69) is 14.9 Å². The lowest BCUT2D eigenvalue weighted by atomic mass is 10.1. The molecule has 3 heterocycles. The van der Waals surface area contributed by atoms with E-state index in [0.29, 0.717) is 22.5 Å². The number of hydrogen-bond donors (Lipinski definition) is 0. The van der Waals surface area contributed by atoms with Gasteiger partial charge in [0.2, 0.25) is 0 Å². The summed E-state index contributed by atoms with van der Waals surface area (Å²) in [5, 5.41) is 1.13. The number of anilines is 1. The number of piperidine rings is 1. The lowest BCUT2D eigenvalue weighted by Crippen LogP contribution is -2.37. The van der Waals surface area contributed by atoms with Crippen molar-refractivity contribution in [3.05, 3.63) is 70.1 Å². The molecule has 0 N–H and O–H groups in total. The first-order chi connectivity index (χ1) is 14.1. The molecule has 150 valence electrons. The average Bonchev–Trinajstić information content (AvgIpc) is 2.75. The second-order valence-corrected chi connectivity index (χ2v) is 7.99. The molecule has 0 radical (unpaired) electrons. The highest BCUT2D eigenvalue weighted by molar-refractivity contribution is 6.42. The summed E-state index contributed by atoms with van der Waals surface area (Å²) >= 11 is 12.1. The molecule has 1 aliphatic heterocycles. The number of ether oxygens (including phenoxy) is 1. The van der Waals surface area contributed by atoms with Crippen molar-refractivity contribution in [3.8, 4) is 11.4 Å². The van der Waals surface area contributed by atoms with Crippen molar-refractivity contribution >= 4 is 29.0 Å². The highest BCUT2D eigenvalue weighted by Gasteiger charge is 2.21. The molecule has 5 nitrogen and oxygen atoms in total. The molecule has 4 rings (SSSR count). The monoisotopic (exact) mass is 428 g/mol. The zero-order chi connectivity index (χ0) is 20.2. The Kier molecular flexibility index (Phi) is 6.28. The summed E-state index contributed by atoms with van der Waals surface area (Å²) in [5.41, 5.74) is 2.92. The average molecular weight is 429 g/mol. The van der Waals surface area contributed by atoms with Gasteiger partial charge < -0.3 is 9.64 Å². The third kappa shape index (κ3) is 5.04. The summed E-state index contributed by atoms with van der Waals surface area (Å²) in [6.45, 7) is 4.33. The van der Waals surface area contributed by atoms with Gasteiger partial charge >= 0.3 is 0 Å². The summed E-state index contributed by atoms with van der Waals surface area (Å²) in [7, 11) is 0. The predicted octanol–water partition coefficient (Wildman–Crippen LogP) is 5.34. The molecule has 0 aliphatic carbocycles. The van der Waals surface area contributed by atoms with Crippen LogP contribution in [0.25, 0.3) is 11.4 Å². The van der Waals surface area contributed by atoms with E-state index >= 15 is 0 Å². The Bertz CT molecular complexity index is 976. The maximum absolute atomic E-state index is 6.10. The van der Waals surface area contributed by atoms with Crippen LogP contribution >= 0.6 is 23.2 Å². The maximum Gasteiger partial charge on any atom is 0.163 e. The first kappa shape index (κ1) is 20.1. The number of benzene rings is 1. The summed E-state index contributed by atoms with van der Waals surface area (Å²) in [6.07, 6.45) is 5.67. The molecule has 7 heteroatoms. The van der Waals surface area contributed by atoms with E-state index in [0.717, 1.165) is 48.6 Å². The Morgan fingerprint density at radius 2 is 1.90 bits per heavy atom. The fourth-order valence-electron chi connectivity index (χ4n) is 3.43. The Morgan fingerprint density at radius 3 is 2.62 bits per heavy atom. The summed E-state index contributed by atoms with van der Waals surface area (Å²) in [5.74, 6) is 1.67. The summed E-state index contributed by atoms with van der Waals surface area (Å²) in [4.78, 5) is 15.8. The van der Waals surface area contributed by atoms with Crippen LogP contribution in [0.1, 0.15) is 24.1 Å². The second kappa shape index (κ2) is 9.08. The third-order valence-corrected chi connectivity index (χ3v) is 5.74. The molecule has 0 unspecified atom stereocenters. The van der Waals surface area contributed by atoms with Crippen molar-refractivity contribution in [1.29, 1.82) is 0 Å². The number of rotatable bonds is 5. The van der Waals surface area contributed by atoms with Crippen molar-refractivity contribution < 1.29 is 4.74 Å². The molecular formula is C22H22Cl2N4O. The van der Waals surface area contributed by atoms with Crippen LogP contribution in [0.2, 0.25) is 10.0 Å². The third-order valence-electron chi connectivity index (χ3n) is 5.00. The Morgan fingerprint density at radius 1 is 1.07 bits per heavy atom. The maximum atomic E-state index is 6.10. The predicted molar refractivity (Wildman–Crippen MR) is 116 cm³/mol. The summed E-state index contributed by atoms with van der Waals surface area (Å²) in [6, 6.07) is 11.5. The fraction of sp³-hybridized carbons (Fsp3) is 0.318. The van der Waals surface area contributed by atoms with Gasteiger partial charge in [-0.05, 0) is 49.6 Å². The molecule has 0 atom stereocenters. The molecule has 1 aliphatic rings. The van der Waals surface area contributed by atoms with E-state index in [1.807, 2.05) is 43.3 Å². The Balaban J connectivity index is 1.37. The topological polar surface area (TPSA) is 51.1 Å². The van der Waals surface area contributed by atoms with Gasteiger partial charge in [-0.15, -0.1) is 0 Å². The van der Waals surface area contributed by atoms with Crippen molar-refractivity contribution in [3.63, 3.8) is 0 Å². The molecule has 3 aromatic rings. The first-order valence-corrected chi connectivity index (χ1v) is 10.4. The largest absolute Gasteiger partial charge is 0.373 e. The van der Waals surface area contributed by atoms with Gasteiger partial charge in [-0.2, -0.15) is 0 Å². The highest BCUT2D eigenvalue weighted by atomic mass is 35.5. The lowest BCUT2D eigenvalue weighted by Gasteiger charge is -2.33. The molecule has 1 aromatic carbocycles. The van der Waals surface area contributed by atoms with Gasteiger partial charge in [0, 0.05) is 42.8 Å². The highest BCUT2D eigenvalue weighted by Crippen LogP contribution is 2.26. The molecule has 2 aromatic heterocycles. The molecule has 0 amide bonds. The van der Waals surface area contributed by atoms with Crippen LogP contribution in [0.5, 0.6) is 0 Å². The Labute approximate surface area is 180 Å². The van der Waals surface area contributed by atoms with E-state index in [9.17, 15) is 0 Å². The fourth-order valence-corrected chi connectivity index (χ4v) is 3.75. The van der Waals surface area contributed by atoms with Crippen molar-refractivity contribution in [2.45, 2.75) is 32.5 Å². The van der Waals surface area contributed by atoms with Crippen LogP contribution in [-0.4, -0.2) is 34.1 Å². The van der Waals surface area contributed by atoms with Gasteiger partial charge in [-0.25, -0.2) is 9.97 Å². The van der Waals surface area contributed by atoms with Crippen LogP contribution in [0.15, 0.2) is 48.8 Å². The number of aromatic nitrogens is 3. The minimum absolute atomic E-state index is 0.224. The van der Waals surface area contributed by atoms with Crippen molar-refractivity contribution in [1.82, 2.24) is 15.0 Å². The van der Waals surface area contributed by atoms with E-state index < -0.39 is 0 Å². The number of hydrogen-bond acceptors (Lipinski definition) is 5. The zero-order valence-corrected chi connectivity index (χ0v) is 17.7. The quantitative estimate of drug-likeness (QED) is 0.548. The normalized spacial score (nSPS) is 14.9. The molecule has 0 bridgehead atoms. The molecule has 1 saturated heterocycles. The van der Waals surface area contributed by atoms with Gasteiger partial charge in [-0.1, -0.05) is 29.3 Å². The van der Waals surface area contributed by atoms with Crippen LogP contribution in [0, 0.1) is 6.92 Å². The smallest absolute Gasteiger partial charge is 0.163 e. The number of halogens is 2. The van der Waals surface area contributed by atoms with E-state index in [1.165, 1.54) is 0 Å². The number of nitrogens with zero attached hydrogens (tertiary/aromatic N) is 4. The number of aryl methyl sites for hydroxylation is 1. The van der Waals surface area contributed by atoms with Crippen molar-refractivity contribution in [2.24, 2.45) is 0 Å². The first-order valence-electron chi connectivity index (χ1n) is 9.65. The van der Waals surface area contributed by atoms with Gasteiger partial charge in [-0.3, -0.25) is 4.98 Å². The molecule has 1 fully saturated rings. The standard InChI is InChI=1S/C22H22Cl2N4O/c1-15-11-21(27-22(26-15)17-3-2-8-25-13-17)28-9-6-18(7-10-28)29-14-16-4-5-19(23)20(24)12-16/h2-5,8,11-13,18H,6-7,9-10,14H2,1H3. The van der Waals surface area contributed by atoms with E-state index in [-0.39, 0.29) is 6.10 Å². The Hall–Kier alpha value is -2.21. The molecule has 0 saturated carbocycles. The van der Waals surface area contributed by atoms with E-state index in [4.69, 9.17) is 32.9 Å². The van der Waals surface area contributed by atoms with E-state index in [1.54, 1.807) is 12.4 Å². The minimum atomic E-state index is 0.224. The molecule has 29 heavy (non-hydrogen) atoms. The van der Waals surface area contributed by atoms with Gasteiger partial charge in [0.25, 0.3) is 0 Å². The zero-order valence-electron chi connectivity index (χ0n) is 16.2. The summed E-state index contributed by atoms with van der Waals surface area (Å²) < 4.78 is 6.10. The number of pyridine rings is 1. The van der Waals surface area contributed by atoms with Crippen LogP contribution in [-0.2, 0) is 11.3 Å². The van der Waals surface area contributed by atoms with Gasteiger partial charge in [0.15, 0.2) is 5.82 Å². The van der Waals surface area contributed by atoms with Gasteiger partial charge in [0.05, 0.1) is 22.8 Å². The molecule has 0 spiro atoms. The lowest BCUT2D eigenvalue weighted by molar-refractivity contribution is 0.0250. The van der Waals surface area contributed by atoms with Crippen molar-refractivity contribution in [2.75, 3.05) is 18.0 Å². The molecular weight excluding hydrogens is 407 g/mol. The van der Waals surface area contributed by atoms with Crippen LogP contribution < -0.4 is 4.90 Å². The SMILES string of the molecule is Cc1cc(N2CCC(OCc3ccc(Cl)c(Cl)c3)CC2)nc(-c2cccnc2)n1. The van der Waals surface area contributed by atoms with Gasteiger partial charge in [0.1, 0.15) is 5.82 Å². The van der Waals surface area contributed by atoms with Crippen LogP contribution in [0.3, 0.4) is 0 Å². The minimum Gasteiger partial charge on any atom is -0.373 e. The van der Waals surface area contributed by atoms with Crippen LogP contribution in [0.4, 0.5) is 5.82 Å².